The van der Waals surface area contributed by atoms with Crippen molar-refractivity contribution >= 4 is 28.6 Å². The molecule has 4 heterocycles. The maximum atomic E-state index is 12.4. The second kappa shape index (κ2) is 9.84. The Labute approximate surface area is 196 Å². The van der Waals surface area contributed by atoms with E-state index in [0.717, 1.165) is 35.0 Å². The molecular formula is C23H27N5O6. The van der Waals surface area contributed by atoms with Gasteiger partial charge in [0.1, 0.15) is 30.3 Å². The molecule has 11 nitrogen and oxygen atoms in total. The lowest BCUT2D eigenvalue weighted by atomic mass is 10.0. The van der Waals surface area contributed by atoms with Gasteiger partial charge < -0.3 is 34.0 Å². The molecule has 11 heteroatoms. The van der Waals surface area contributed by atoms with E-state index in [1.54, 1.807) is 13.2 Å². The summed E-state index contributed by atoms with van der Waals surface area (Å²) in [5.74, 6) is 0.889. The van der Waals surface area contributed by atoms with Crippen molar-refractivity contribution in [2.75, 3.05) is 51.4 Å². The van der Waals surface area contributed by atoms with Gasteiger partial charge in [0.05, 0.1) is 31.4 Å². The average Bonchev–Trinajstić information content (AvgIpc) is 3.26. The van der Waals surface area contributed by atoms with Gasteiger partial charge in [0.15, 0.2) is 6.10 Å². The van der Waals surface area contributed by atoms with E-state index in [4.69, 9.17) is 29.4 Å². The number of nitrogens with zero attached hydrogens (tertiary/aromatic N) is 3. The van der Waals surface area contributed by atoms with E-state index < -0.39 is 12.2 Å². The van der Waals surface area contributed by atoms with Crippen LogP contribution in [-0.4, -0.2) is 67.1 Å². The molecule has 0 saturated carbocycles. The van der Waals surface area contributed by atoms with Gasteiger partial charge in [-0.2, -0.15) is 0 Å². The van der Waals surface area contributed by atoms with Crippen LogP contribution in [0.25, 0.3) is 22.2 Å². The number of benzene rings is 1. The van der Waals surface area contributed by atoms with Gasteiger partial charge >= 0.3 is 6.09 Å². The number of rotatable bonds is 5. The van der Waals surface area contributed by atoms with Crippen LogP contribution in [0.5, 0.6) is 5.75 Å². The fraction of sp³-hybridized carbons (Fsp3) is 0.435. The van der Waals surface area contributed by atoms with Crippen LogP contribution in [0, 0.1) is 0 Å². The summed E-state index contributed by atoms with van der Waals surface area (Å²) in [4.78, 5) is 21.1. The lowest BCUT2D eigenvalue weighted by Crippen LogP contribution is -2.34. The van der Waals surface area contributed by atoms with Gasteiger partial charge in [0.2, 0.25) is 0 Å². The maximum absolute atomic E-state index is 12.4. The Balaban J connectivity index is 1.44. The van der Waals surface area contributed by atoms with Gasteiger partial charge in [-0.3, -0.25) is 5.32 Å². The predicted octanol–water partition coefficient (Wildman–Crippen LogP) is 2.96. The Bertz CT molecular complexity index is 1170. The largest absolute Gasteiger partial charge is 0.495 e. The van der Waals surface area contributed by atoms with Crippen molar-refractivity contribution in [3.8, 4) is 16.9 Å². The van der Waals surface area contributed by atoms with E-state index in [1.165, 1.54) is 6.33 Å². The first kappa shape index (κ1) is 22.4. The number of hydrogen-bond donors (Lipinski definition) is 2. The number of ether oxygens (including phenoxy) is 5. The van der Waals surface area contributed by atoms with E-state index >= 15 is 0 Å². The van der Waals surface area contributed by atoms with Gasteiger partial charge in [-0.25, -0.2) is 14.8 Å². The molecule has 2 aromatic heterocycles. The summed E-state index contributed by atoms with van der Waals surface area (Å²) in [5, 5.41) is 3.51. The van der Waals surface area contributed by atoms with E-state index in [-0.39, 0.29) is 12.8 Å². The van der Waals surface area contributed by atoms with Crippen molar-refractivity contribution in [3.63, 3.8) is 0 Å². The number of carbonyl (C=O) groups is 1. The minimum Gasteiger partial charge on any atom is -0.495 e. The molecule has 0 radical (unpaired) electrons. The lowest BCUT2D eigenvalue weighted by molar-refractivity contribution is -0.150. The number of anilines is 2. The third kappa shape index (κ3) is 4.49. The van der Waals surface area contributed by atoms with Crippen LogP contribution in [0.4, 0.5) is 16.3 Å². The van der Waals surface area contributed by atoms with Crippen LogP contribution in [0.15, 0.2) is 30.7 Å². The van der Waals surface area contributed by atoms with Crippen molar-refractivity contribution in [1.29, 1.82) is 0 Å². The van der Waals surface area contributed by atoms with E-state index in [9.17, 15) is 4.79 Å². The van der Waals surface area contributed by atoms with E-state index in [0.29, 0.717) is 43.7 Å². The summed E-state index contributed by atoms with van der Waals surface area (Å²) in [6.07, 6.45) is 4.28. The Morgan fingerprint density at radius 1 is 1.18 bits per heavy atom. The molecule has 3 N–H and O–H groups in total. The molecule has 0 aliphatic carbocycles. The van der Waals surface area contributed by atoms with Gasteiger partial charge in [-0.05, 0) is 30.5 Å². The number of aromatic nitrogens is 3. The predicted molar refractivity (Wildman–Crippen MR) is 124 cm³/mol. The zero-order valence-electron chi connectivity index (χ0n) is 18.9. The molecule has 0 spiro atoms. The first-order valence-corrected chi connectivity index (χ1v) is 11.1. The van der Waals surface area contributed by atoms with Gasteiger partial charge in [0.25, 0.3) is 0 Å². The molecule has 1 amide bonds. The fourth-order valence-electron chi connectivity index (χ4n) is 4.36. The third-order valence-corrected chi connectivity index (χ3v) is 6.02. The highest BCUT2D eigenvalue weighted by Gasteiger charge is 2.23. The standard InChI is InChI=1S/C23H27N5O6/c1-30-19-8-14(2-3-18(19)27-23(29)34-16-10-32-13-33-11-16)17-9-28(15-4-6-31-7-5-15)22-20(17)21(24)25-12-26-22/h2-3,8-9,12,15-16H,4-7,10-11,13H2,1H3,(H,27,29)(H2,24,25,26). The Morgan fingerprint density at radius 2 is 1.97 bits per heavy atom. The summed E-state index contributed by atoms with van der Waals surface area (Å²) in [6, 6.07) is 5.77. The monoisotopic (exact) mass is 469 g/mol. The highest BCUT2D eigenvalue weighted by molar-refractivity contribution is 6.01. The molecule has 0 bridgehead atoms. The van der Waals surface area contributed by atoms with Crippen molar-refractivity contribution < 1.29 is 28.5 Å². The Morgan fingerprint density at radius 3 is 2.74 bits per heavy atom. The molecule has 2 aliphatic heterocycles. The molecule has 5 rings (SSSR count). The second-order valence-electron chi connectivity index (χ2n) is 8.18. The molecule has 34 heavy (non-hydrogen) atoms. The van der Waals surface area contributed by atoms with E-state index in [2.05, 4.69) is 26.0 Å². The number of hydrogen-bond acceptors (Lipinski definition) is 9. The van der Waals surface area contributed by atoms with Crippen LogP contribution in [0.3, 0.4) is 0 Å². The molecule has 180 valence electrons. The summed E-state index contributed by atoms with van der Waals surface area (Å²) < 4.78 is 28.9. The maximum Gasteiger partial charge on any atom is 0.412 e. The number of carbonyl (C=O) groups excluding carboxylic acids is 1. The highest BCUT2D eigenvalue weighted by atomic mass is 16.7. The van der Waals surface area contributed by atoms with Crippen molar-refractivity contribution in [3.05, 3.63) is 30.7 Å². The van der Waals surface area contributed by atoms with Crippen molar-refractivity contribution in [2.24, 2.45) is 0 Å². The third-order valence-electron chi connectivity index (χ3n) is 6.02. The number of amides is 1. The molecular weight excluding hydrogens is 442 g/mol. The first-order valence-electron chi connectivity index (χ1n) is 11.1. The van der Waals surface area contributed by atoms with E-state index in [1.807, 2.05) is 12.1 Å². The quantitative estimate of drug-likeness (QED) is 0.579. The molecule has 0 unspecified atom stereocenters. The van der Waals surface area contributed by atoms with Crippen LogP contribution < -0.4 is 15.8 Å². The number of nitrogen functional groups attached to an aromatic ring is 1. The topological polar surface area (TPSA) is 132 Å². The number of methoxy groups -OCH3 is 1. The lowest BCUT2D eigenvalue weighted by Gasteiger charge is -2.24. The Hall–Kier alpha value is -3.41. The average molecular weight is 469 g/mol. The molecule has 2 saturated heterocycles. The Kier molecular flexibility index (Phi) is 6.48. The molecule has 3 aromatic rings. The van der Waals surface area contributed by atoms with Crippen molar-refractivity contribution in [2.45, 2.75) is 25.0 Å². The fourth-order valence-corrected chi connectivity index (χ4v) is 4.36. The molecule has 2 aliphatic rings. The van der Waals surface area contributed by atoms with Crippen LogP contribution in [-0.2, 0) is 18.9 Å². The van der Waals surface area contributed by atoms with Crippen molar-refractivity contribution in [1.82, 2.24) is 14.5 Å². The van der Waals surface area contributed by atoms with Gasteiger partial charge in [-0.15, -0.1) is 0 Å². The summed E-state index contributed by atoms with van der Waals surface area (Å²) in [7, 11) is 1.54. The van der Waals surface area contributed by atoms with Gasteiger partial charge in [-0.1, -0.05) is 6.07 Å². The van der Waals surface area contributed by atoms with Gasteiger partial charge in [0, 0.05) is 31.0 Å². The number of fused-ring (bicyclic) bond motifs is 1. The number of nitrogens with two attached hydrogens (primary N) is 1. The minimum atomic E-state index is -0.612. The summed E-state index contributed by atoms with van der Waals surface area (Å²) in [6.45, 7) is 2.22. The van der Waals surface area contributed by atoms with Crippen LogP contribution in [0.1, 0.15) is 18.9 Å². The molecule has 0 atom stereocenters. The summed E-state index contributed by atoms with van der Waals surface area (Å²) in [5.41, 5.74) is 9.30. The smallest absolute Gasteiger partial charge is 0.412 e. The zero-order valence-corrected chi connectivity index (χ0v) is 18.9. The zero-order chi connectivity index (χ0) is 23.5. The number of nitrogens with one attached hydrogen (secondary N) is 1. The van der Waals surface area contributed by atoms with Crippen LogP contribution in [0.2, 0.25) is 0 Å². The second-order valence-corrected chi connectivity index (χ2v) is 8.18. The minimum absolute atomic E-state index is 0.206. The normalized spacial score (nSPS) is 17.6. The summed E-state index contributed by atoms with van der Waals surface area (Å²) >= 11 is 0. The van der Waals surface area contributed by atoms with Crippen LogP contribution >= 0.6 is 0 Å². The highest BCUT2D eigenvalue weighted by Crippen LogP contribution is 2.39. The molecule has 1 aromatic carbocycles. The first-order chi connectivity index (χ1) is 16.6. The molecule has 2 fully saturated rings. The SMILES string of the molecule is COc1cc(-c2cn(C3CCOCC3)c3ncnc(N)c23)ccc1NC(=O)OC1COCOC1.